The molecule has 0 heterocycles. The Morgan fingerprint density at radius 2 is 1.86 bits per heavy atom. The zero-order valence-corrected chi connectivity index (χ0v) is 13.2. The number of benzene rings is 2. The molecule has 0 amide bonds. The van der Waals surface area contributed by atoms with Crippen LogP contribution < -0.4 is 4.74 Å². The molecule has 0 spiro atoms. The van der Waals surface area contributed by atoms with Gasteiger partial charge in [-0.05, 0) is 55.3 Å². The molecule has 0 unspecified atom stereocenters. The van der Waals surface area contributed by atoms with Gasteiger partial charge in [-0.25, -0.2) is 9.18 Å². The Kier molecular flexibility index (Phi) is 4.63. The first kappa shape index (κ1) is 15.5. The molecule has 0 saturated carbocycles. The van der Waals surface area contributed by atoms with E-state index in [0.29, 0.717) is 5.75 Å². The molecule has 0 radical (unpaired) electrons. The summed E-state index contributed by atoms with van der Waals surface area (Å²) < 4.78 is 20.3. The summed E-state index contributed by atoms with van der Waals surface area (Å²) in [5, 5.41) is 8.92. The Balaban J connectivity index is 2.20. The molecule has 0 aliphatic carbocycles. The van der Waals surface area contributed by atoms with Crippen LogP contribution in [-0.2, 0) is 6.61 Å². The minimum Gasteiger partial charge on any atom is -0.489 e. The van der Waals surface area contributed by atoms with Gasteiger partial charge in [0.15, 0.2) is 0 Å². The van der Waals surface area contributed by atoms with Crippen LogP contribution >= 0.6 is 15.9 Å². The maximum Gasteiger partial charge on any atom is 0.335 e. The quantitative estimate of drug-likeness (QED) is 0.882. The number of halogens is 2. The molecule has 0 atom stereocenters. The molecule has 21 heavy (non-hydrogen) atoms. The first-order chi connectivity index (χ1) is 9.88. The van der Waals surface area contributed by atoms with Crippen molar-refractivity contribution in [2.75, 3.05) is 0 Å². The normalized spacial score (nSPS) is 10.5. The zero-order chi connectivity index (χ0) is 15.6. The van der Waals surface area contributed by atoms with Crippen LogP contribution in [0.2, 0.25) is 0 Å². The Labute approximate surface area is 130 Å². The molecule has 1 N–H and O–H groups in total. The summed E-state index contributed by atoms with van der Waals surface area (Å²) in [5.74, 6) is -0.953. The molecule has 0 aliphatic heterocycles. The van der Waals surface area contributed by atoms with E-state index in [-0.39, 0.29) is 17.7 Å². The average molecular weight is 353 g/mol. The van der Waals surface area contributed by atoms with E-state index in [1.54, 1.807) is 0 Å². The number of hydrogen-bond acceptors (Lipinski definition) is 2. The van der Waals surface area contributed by atoms with Gasteiger partial charge in [0, 0.05) is 10.0 Å². The fourth-order valence-electron chi connectivity index (χ4n) is 1.97. The second kappa shape index (κ2) is 6.26. The number of rotatable bonds is 4. The van der Waals surface area contributed by atoms with Crippen LogP contribution in [0.1, 0.15) is 27.0 Å². The van der Waals surface area contributed by atoms with Crippen LogP contribution in [-0.4, -0.2) is 11.1 Å². The monoisotopic (exact) mass is 352 g/mol. The third kappa shape index (κ3) is 3.61. The standard InChI is InChI=1S/C16H14BrFO3/c1-9-5-13(6-10(2)15(9)17)21-8-12-7-11(16(19)20)3-4-14(12)18/h3-7H,8H2,1-2H3,(H,19,20). The summed E-state index contributed by atoms with van der Waals surface area (Å²) in [6.45, 7) is 3.86. The molecule has 5 heteroatoms. The summed E-state index contributed by atoms with van der Waals surface area (Å²) in [7, 11) is 0. The maximum absolute atomic E-state index is 13.7. The molecule has 0 bridgehead atoms. The van der Waals surface area contributed by atoms with Gasteiger partial charge in [-0.1, -0.05) is 15.9 Å². The highest BCUT2D eigenvalue weighted by Crippen LogP contribution is 2.27. The van der Waals surface area contributed by atoms with Crippen molar-refractivity contribution in [1.82, 2.24) is 0 Å². The maximum atomic E-state index is 13.7. The van der Waals surface area contributed by atoms with Gasteiger partial charge in [-0.2, -0.15) is 0 Å². The molecule has 0 aliphatic rings. The van der Waals surface area contributed by atoms with E-state index in [4.69, 9.17) is 9.84 Å². The summed E-state index contributed by atoms with van der Waals surface area (Å²) in [6, 6.07) is 7.34. The van der Waals surface area contributed by atoms with Crippen LogP contribution in [0.15, 0.2) is 34.8 Å². The van der Waals surface area contributed by atoms with Gasteiger partial charge in [0.2, 0.25) is 0 Å². The number of aryl methyl sites for hydroxylation is 2. The minimum atomic E-state index is -1.09. The molecule has 2 rings (SSSR count). The largest absolute Gasteiger partial charge is 0.489 e. The lowest BCUT2D eigenvalue weighted by atomic mass is 10.1. The molecular weight excluding hydrogens is 339 g/mol. The Morgan fingerprint density at radius 3 is 2.43 bits per heavy atom. The highest BCUT2D eigenvalue weighted by Gasteiger charge is 2.10. The summed E-state index contributed by atoms with van der Waals surface area (Å²) in [6.07, 6.45) is 0. The van der Waals surface area contributed by atoms with Gasteiger partial charge in [0.1, 0.15) is 18.2 Å². The summed E-state index contributed by atoms with van der Waals surface area (Å²) >= 11 is 3.47. The minimum absolute atomic E-state index is 0.0204. The second-order valence-corrected chi connectivity index (χ2v) is 5.56. The highest BCUT2D eigenvalue weighted by molar-refractivity contribution is 9.10. The smallest absolute Gasteiger partial charge is 0.335 e. The van der Waals surface area contributed by atoms with Crippen LogP contribution in [0, 0.1) is 19.7 Å². The fraction of sp³-hybridized carbons (Fsp3) is 0.188. The molecule has 0 aromatic heterocycles. The van der Waals surface area contributed by atoms with Crippen molar-refractivity contribution in [2.45, 2.75) is 20.5 Å². The van der Waals surface area contributed by atoms with E-state index in [9.17, 15) is 9.18 Å². The molecule has 2 aromatic carbocycles. The Morgan fingerprint density at radius 1 is 1.24 bits per heavy atom. The lowest BCUT2D eigenvalue weighted by molar-refractivity contribution is 0.0696. The van der Waals surface area contributed by atoms with E-state index in [1.807, 2.05) is 26.0 Å². The van der Waals surface area contributed by atoms with Gasteiger partial charge in [-0.3, -0.25) is 0 Å². The Bertz CT molecular complexity index is 675. The molecule has 110 valence electrons. The lowest BCUT2D eigenvalue weighted by Crippen LogP contribution is -2.03. The van der Waals surface area contributed by atoms with E-state index in [0.717, 1.165) is 21.7 Å². The highest BCUT2D eigenvalue weighted by atomic mass is 79.9. The predicted octanol–water partition coefficient (Wildman–Crippen LogP) is 4.48. The van der Waals surface area contributed by atoms with Gasteiger partial charge in [0.25, 0.3) is 0 Å². The van der Waals surface area contributed by atoms with Crippen molar-refractivity contribution in [2.24, 2.45) is 0 Å². The topological polar surface area (TPSA) is 46.5 Å². The van der Waals surface area contributed by atoms with Crippen LogP contribution in [0.25, 0.3) is 0 Å². The molecule has 2 aromatic rings. The molecule has 0 saturated heterocycles. The van der Waals surface area contributed by atoms with Gasteiger partial charge in [-0.15, -0.1) is 0 Å². The van der Waals surface area contributed by atoms with Crippen LogP contribution in [0.3, 0.4) is 0 Å². The van der Waals surface area contributed by atoms with Crippen molar-refractivity contribution < 1.29 is 19.0 Å². The second-order valence-electron chi connectivity index (χ2n) is 4.77. The van der Waals surface area contributed by atoms with E-state index < -0.39 is 11.8 Å². The van der Waals surface area contributed by atoms with Crippen molar-refractivity contribution in [3.05, 3.63) is 62.9 Å². The summed E-state index contributed by atoms with van der Waals surface area (Å²) in [5.41, 5.74) is 2.29. The van der Waals surface area contributed by atoms with E-state index in [1.165, 1.54) is 12.1 Å². The van der Waals surface area contributed by atoms with Crippen molar-refractivity contribution in [3.8, 4) is 5.75 Å². The molecular formula is C16H14BrFO3. The number of ether oxygens (including phenoxy) is 1. The SMILES string of the molecule is Cc1cc(OCc2cc(C(=O)O)ccc2F)cc(C)c1Br. The van der Waals surface area contributed by atoms with Gasteiger partial charge in [0.05, 0.1) is 5.56 Å². The van der Waals surface area contributed by atoms with E-state index in [2.05, 4.69) is 15.9 Å². The van der Waals surface area contributed by atoms with E-state index >= 15 is 0 Å². The third-order valence-electron chi connectivity index (χ3n) is 3.10. The lowest BCUT2D eigenvalue weighted by Gasteiger charge is -2.11. The van der Waals surface area contributed by atoms with Crippen molar-refractivity contribution in [1.29, 1.82) is 0 Å². The Hall–Kier alpha value is -1.88. The molecule has 0 fully saturated rings. The summed E-state index contributed by atoms with van der Waals surface area (Å²) in [4.78, 5) is 10.9. The predicted molar refractivity (Wildman–Crippen MR) is 81.3 cm³/mol. The third-order valence-corrected chi connectivity index (χ3v) is 4.35. The first-order valence-electron chi connectivity index (χ1n) is 6.29. The number of carboxylic acid groups (broad SMARTS) is 1. The molecule has 3 nitrogen and oxygen atoms in total. The number of carbonyl (C=O) groups is 1. The fourth-order valence-corrected chi connectivity index (χ4v) is 2.20. The zero-order valence-electron chi connectivity index (χ0n) is 11.6. The van der Waals surface area contributed by atoms with Crippen molar-refractivity contribution in [3.63, 3.8) is 0 Å². The number of aromatic carboxylic acids is 1. The van der Waals surface area contributed by atoms with Crippen molar-refractivity contribution >= 4 is 21.9 Å². The average Bonchev–Trinajstić information content (AvgIpc) is 2.43. The van der Waals surface area contributed by atoms with Crippen LogP contribution in [0.4, 0.5) is 4.39 Å². The van der Waals surface area contributed by atoms with Gasteiger partial charge < -0.3 is 9.84 Å². The number of carboxylic acids is 1. The van der Waals surface area contributed by atoms with Gasteiger partial charge >= 0.3 is 5.97 Å². The first-order valence-corrected chi connectivity index (χ1v) is 7.09. The number of hydrogen-bond donors (Lipinski definition) is 1. The van der Waals surface area contributed by atoms with Crippen LogP contribution in [0.5, 0.6) is 5.75 Å².